The lowest BCUT2D eigenvalue weighted by Crippen LogP contribution is -2.27. The van der Waals surface area contributed by atoms with E-state index in [1.165, 1.54) is 11.3 Å². The van der Waals surface area contributed by atoms with Crippen LogP contribution in [0.5, 0.6) is 0 Å². The van der Waals surface area contributed by atoms with Gasteiger partial charge < -0.3 is 4.52 Å². The van der Waals surface area contributed by atoms with Crippen molar-refractivity contribution >= 4 is 0 Å². The van der Waals surface area contributed by atoms with E-state index < -0.39 is 0 Å². The van der Waals surface area contributed by atoms with Crippen LogP contribution in [0.4, 0.5) is 0 Å². The van der Waals surface area contributed by atoms with Gasteiger partial charge in [-0.05, 0) is 31.0 Å². The van der Waals surface area contributed by atoms with Gasteiger partial charge in [0.2, 0.25) is 0 Å². The van der Waals surface area contributed by atoms with Crippen molar-refractivity contribution in [2.45, 2.75) is 45.4 Å². The molecule has 0 N–H and O–H groups in total. The third kappa shape index (κ3) is 4.69. The van der Waals surface area contributed by atoms with Crippen molar-refractivity contribution in [1.82, 2.24) is 24.7 Å². The lowest BCUT2D eigenvalue weighted by molar-refractivity contribution is 0.255. The maximum Gasteiger partial charge on any atom is 0.150 e. The zero-order valence-electron chi connectivity index (χ0n) is 16.8. The molecular weight excluding hydrogens is 350 g/mol. The normalized spacial score (nSPS) is 16.1. The molecule has 1 atom stereocenters. The van der Waals surface area contributed by atoms with Crippen LogP contribution < -0.4 is 0 Å². The second-order valence-corrected chi connectivity index (χ2v) is 7.90. The second kappa shape index (κ2) is 8.71. The lowest BCUT2D eigenvalue weighted by atomic mass is 10.0. The van der Waals surface area contributed by atoms with Crippen molar-refractivity contribution in [3.8, 4) is 0 Å². The van der Waals surface area contributed by atoms with Gasteiger partial charge >= 0.3 is 0 Å². The molecule has 6 heteroatoms. The van der Waals surface area contributed by atoms with Crippen LogP contribution in [0.15, 0.2) is 53.2 Å². The summed E-state index contributed by atoms with van der Waals surface area (Å²) < 4.78 is 7.40. The molecule has 0 fully saturated rings. The third-order valence-corrected chi connectivity index (χ3v) is 5.39. The Kier molecular flexibility index (Phi) is 5.88. The van der Waals surface area contributed by atoms with Gasteiger partial charge in [0.1, 0.15) is 0 Å². The molecular formula is C22H29N5O. The molecule has 6 nitrogen and oxygen atoms in total. The van der Waals surface area contributed by atoms with Crippen molar-refractivity contribution in [3.63, 3.8) is 0 Å². The number of nitrogens with zero attached hydrogens (tertiary/aromatic N) is 5. The van der Waals surface area contributed by atoms with E-state index in [4.69, 9.17) is 9.62 Å². The summed E-state index contributed by atoms with van der Waals surface area (Å²) in [5.74, 6) is 1.41. The van der Waals surface area contributed by atoms with Gasteiger partial charge in [0.15, 0.2) is 5.76 Å². The van der Waals surface area contributed by atoms with Gasteiger partial charge in [0.05, 0.1) is 24.1 Å². The molecule has 3 heterocycles. The molecule has 148 valence electrons. The van der Waals surface area contributed by atoms with Gasteiger partial charge in [-0.25, -0.2) is 0 Å². The van der Waals surface area contributed by atoms with Crippen LogP contribution in [0, 0.1) is 0 Å². The van der Waals surface area contributed by atoms with Crippen LogP contribution in [-0.2, 0) is 26.2 Å². The van der Waals surface area contributed by atoms with Gasteiger partial charge in [0, 0.05) is 38.8 Å². The van der Waals surface area contributed by atoms with Crippen LogP contribution >= 0.6 is 0 Å². The average Bonchev–Trinajstić information content (AvgIpc) is 3.28. The Labute approximate surface area is 166 Å². The third-order valence-electron chi connectivity index (χ3n) is 5.39. The summed E-state index contributed by atoms with van der Waals surface area (Å²) in [6.07, 6.45) is 2.83. The first-order chi connectivity index (χ1) is 13.7. The number of rotatable bonds is 7. The molecule has 1 aliphatic rings. The van der Waals surface area contributed by atoms with Gasteiger partial charge in [-0.2, -0.15) is 5.10 Å². The van der Waals surface area contributed by atoms with E-state index in [1.807, 2.05) is 6.07 Å². The number of aryl methyl sites for hydroxylation is 1. The van der Waals surface area contributed by atoms with Crippen LogP contribution in [0.3, 0.4) is 0 Å². The largest absolute Gasteiger partial charge is 0.360 e. The first-order valence-electron chi connectivity index (χ1n) is 10.1. The molecule has 0 saturated heterocycles. The molecule has 4 rings (SSSR count). The molecule has 1 aromatic carbocycles. The van der Waals surface area contributed by atoms with Crippen molar-refractivity contribution in [2.75, 3.05) is 20.1 Å². The molecule has 0 saturated carbocycles. The fourth-order valence-corrected chi connectivity index (χ4v) is 4.02. The van der Waals surface area contributed by atoms with Crippen molar-refractivity contribution < 1.29 is 4.52 Å². The van der Waals surface area contributed by atoms with Crippen molar-refractivity contribution in [2.24, 2.45) is 0 Å². The predicted molar refractivity (Wildman–Crippen MR) is 109 cm³/mol. The van der Waals surface area contributed by atoms with E-state index in [9.17, 15) is 0 Å². The number of hydrogen-bond donors (Lipinski definition) is 0. The van der Waals surface area contributed by atoms with Crippen LogP contribution in [0.2, 0.25) is 0 Å². The van der Waals surface area contributed by atoms with E-state index in [1.54, 1.807) is 6.20 Å². The zero-order valence-corrected chi connectivity index (χ0v) is 16.8. The highest BCUT2D eigenvalue weighted by molar-refractivity contribution is 5.19. The zero-order chi connectivity index (χ0) is 19.3. The highest BCUT2D eigenvalue weighted by atomic mass is 16.5. The van der Waals surface area contributed by atoms with Crippen molar-refractivity contribution in [1.29, 1.82) is 0 Å². The molecule has 0 unspecified atom stereocenters. The first kappa shape index (κ1) is 18.9. The summed E-state index contributed by atoms with van der Waals surface area (Å²) in [4.78, 5) is 4.78. The minimum atomic E-state index is 0.531. The molecule has 3 aromatic rings. The summed E-state index contributed by atoms with van der Waals surface area (Å²) in [5, 5.41) is 8.63. The maximum absolute atomic E-state index is 5.20. The topological polar surface area (TPSA) is 50.3 Å². The first-order valence-corrected chi connectivity index (χ1v) is 10.1. The Morgan fingerprint density at radius 3 is 2.79 bits per heavy atom. The van der Waals surface area contributed by atoms with E-state index >= 15 is 0 Å². The molecule has 1 aliphatic heterocycles. The molecule has 2 aromatic heterocycles. The Morgan fingerprint density at radius 2 is 2.00 bits per heavy atom. The second-order valence-electron chi connectivity index (χ2n) is 7.90. The van der Waals surface area contributed by atoms with E-state index in [2.05, 4.69) is 70.0 Å². The smallest absolute Gasteiger partial charge is 0.150 e. The fraction of sp³-hybridized carbons (Fsp3) is 0.455. The van der Waals surface area contributed by atoms with Gasteiger partial charge in [-0.15, -0.1) is 0 Å². The summed E-state index contributed by atoms with van der Waals surface area (Å²) in [7, 11) is 2.08. The molecule has 0 aliphatic carbocycles. The Morgan fingerprint density at radius 1 is 1.14 bits per heavy atom. The van der Waals surface area contributed by atoms with E-state index in [-0.39, 0.29) is 0 Å². The quantitative estimate of drug-likeness (QED) is 0.629. The van der Waals surface area contributed by atoms with Crippen LogP contribution in [0.1, 0.15) is 42.0 Å². The van der Waals surface area contributed by atoms with Crippen molar-refractivity contribution in [3.05, 3.63) is 71.4 Å². The average molecular weight is 380 g/mol. The van der Waals surface area contributed by atoms with Gasteiger partial charge in [-0.3, -0.25) is 14.5 Å². The highest BCUT2D eigenvalue weighted by Crippen LogP contribution is 2.20. The summed E-state index contributed by atoms with van der Waals surface area (Å²) >= 11 is 0. The van der Waals surface area contributed by atoms with Gasteiger partial charge in [0.25, 0.3) is 0 Å². The minimum Gasteiger partial charge on any atom is -0.360 e. The Hall–Kier alpha value is -2.44. The summed E-state index contributed by atoms with van der Waals surface area (Å²) in [6, 6.07) is 15.0. The van der Waals surface area contributed by atoms with Gasteiger partial charge in [-0.1, -0.05) is 42.4 Å². The van der Waals surface area contributed by atoms with E-state index in [0.29, 0.717) is 5.92 Å². The highest BCUT2D eigenvalue weighted by Gasteiger charge is 2.19. The van der Waals surface area contributed by atoms with Crippen LogP contribution in [0.25, 0.3) is 0 Å². The molecule has 0 bridgehead atoms. The molecule has 0 radical (unpaired) electrons. The summed E-state index contributed by atoms with van der Waals surface area (Å²) in [6.45, 7) is 8.04. The number of hydrogen-bond acceptors (Lipinski definition) is 5. The van der Waals surface area contributed by atoms with Crippen LogP contribution in [-0.4, -0.2) is 44.9 Å². The minimum absolute atomic E-state index is 0.531. The monoisotopic (exact) mass is 379 g/mol. The number of benzene rings is 1. The summed E-state index contributed by atoms with van der Waals surface area (Å²) in [5.41, 5.74) is 3.85. The maximum atomic E-state index is 5.20. The van der Waals surface area contributed by atoms with E-state index in [0.717, 1.165) is 57.1 Å². The Bertz CT molecular complexity index is 858. The molecule has 0 amide bonds. The number of fused-ring (bicyclic) bond motifs is 1. The Balaban J connectivity index is 1.38. The standard InChI is InChI=1S/C22H29N5O/c1-18(19-7-4-3-5-8-19)14-26-11-6-12-27-21(16-26)13-20(24-27)15-25(2)17-22-9-10-23-28-22/h3-5,7-10,13,18H,6,11-12,14-17H2,1-2H3/t18-/m1/s1. The molecule has 28 heavy (non-hydrogen) atoms. The lowest BCUT2D eigenvalue weighted by Gasteiger charge is -2.24. The predicted octanol–water partition coefficient (Wildman–Crippen LogP) is 3.51. The number of aromatic nitrogens is 3. The fourth-order valence-electron chi connectivity index (χ4n) is 4.02. The SMILES string of the molecule is C[C@H](CN1CCCn2nc(CN(C)Cc3ccno3)cc2C1)c1ccccc1. The molecule has 0 spiro atoms.